The maximum atomic E-state index is 14.1. The van der Waals surface area contributed by atoms with Crippen LogP contribution in [-0.4, -0.2) is 21.7 Å². The molecule has 2 rings (SSSR count). The van der Waals surface area contributed by atoms with E-state index in [4.69, 9.17) is 9.84 Å². The summed E-state index contributed by atoms with van der Waals surface area (Å²) in [5, 5.41) is 9.15. The molecular formula is C17H21FN2O2. The summed E-state index contributed by atoms with van der Waals surface area (Å²) >= 11 is 0. The minimum Gasteiger partial charge on any atom is -0.505 e. The maximum absolute atomic E-state index is 14.1. The van der Waals surface area contributed by atoms with E-state index < -0.39 is 5.82 Å². The van der Waals surface area contributed by atoms with Gasteiger partial charge in [-0.15, -0.1) is 0 Å². The Labute approximate surface area is 130 Å². The number of hydrogen-bond acceptors (Lipinski definition) is 4. The van der Waals surface area contributed by atoms with Crippen LogP contribution in [0.25, 0.3) is 11.4 Å². The van der Waals surface area contributed by atoms with Crippen molar-refractivity contribution in [1.82, 2.24) is 9.97 Å². The first-order valence-corrected chi connectivity index (χ1v) is 7.64. The summed E-state index contributed by atoms with van der Waals surface area (Å²) in [5.41, 5.74) is 0.287. The van der Waals surface area contributed by atoms with Crippen LogP contribution < -0.4 is 4.74 Å². The van der Waals surface area contributed by atoms with Gasteiger partial charge in [0.15, 0.2) is 11.6 Å². The Morgan fingerprint density at radius 3 is 2.50 bits per heavy atom. The molecule has 0 saturated carbocycles. The molecule has 0 radical (unpaired) electrons. The zero-order chi connectivity index (χ0) is 15.8. The van der Waals surface area contributed by atoms with Crippen LogP contribution in [-0.2, 0) is 0 Å². The standard InChI is InChI=1S/C17H21FN2O2/c1-2-3-4-5-6-9-22-14-7-8-15(16(18)10-14)17-19-11-13(21)12-20-17/h7-8,10-12,21H,2-6,9H2,1H3. The van der Waals surface area contributed by atoms with Crippen LogP contribution in [0.5, 0.6) is 11.5 Å². The molecule has 0 aliphatic heterocycles. The van der Waals surface area contributed by atoms with Crippen molar-refractivity contribution in [2.75, 3.05) is 6.61 Å². The van der Waals surface area contributed by atoms with Crippen molar-refractivity contribution in [3.8, 4) is 22.9 Å². The molecule has 0 spiro atoms. The second-order valence-electron chi connectivity index (χ2n) is 5.17. The SMILES string of the molecule is CCCCCCCOc1ccc(-c2ncc(O)cn2)c(F)c1. The average Bonchev–Trinajstić information content (AvgIpc) is 2.52. The molecule has 0 unspecified atom stereocenters. The van der Waals surface area contributed by atoms with Crippen LogP contribution in [0, 0.1) is 5.82 Å². The highest BCUT2D eigenvalue weighted by Crippen LogP contribution is 2.24. The lowest BCUT2D eigenvalue weighted by Gasteiger charge is -2.08. The number of rotatable bonds is 8. The van der Waals surface area contributed by atoms with Gasteiger partial charge in [-0.3, -0.25) is 0 Å². The first kappa shape index (κ1) is 16.2. The minimum atomic E-state index is -0.436. The van der Waals surface area contributed by atoms with Gasteiger partial charge in [0.1, 0.15) is 11.6 Å². The summed E-state index contributed by atoms with van der Waals surface area (Å²) in [7, 11) is 0. The van der Waals surface area contributed by atoms with Gasteiger partial charge in [0, 0.05) is 6.07 Å². The van der Waals surface area contributed by atoms with E-state index in [0.29, 0.717) is 12.4 Å². The molecule has 0 aliphatic rings. The van der Waals surface area contributed by atoms with E-state index in [9.17, 15) is 4.39 Å². The lowest BCUT2D eigenvalue weighted by molar-refractivity contribution is 0.303. The summed E-state index contributed by atoms with van der Waals surface area (Å²) in [6.45, 7) is 2.77. The molecule has 0 aliphatic carbocycles. The van der Waals surface area contributed by atoms with Crippen LogP contribution in [0.3, 0.4) is 0 Å². The first-order valence-electron chi connectivity index (χ1n) is 7.64. The van der Waals surface area contributed by atoms with E-state index >= 15 is 0 Å². The maximum Gasteiger partial charge on any atom is 0.162 e. The van der Waals surface area contributed by atoms with E-state index in [1.165, 1.54) is 37.7 Å². The molecule has 4 nitrogen and oxygen atoms in total. The Hall–Kier alpha value is -2.17. The lowest BCUT2D eigenvalue weighted by atomic mass is 10.1. The van der Waals surface area contributed by atoms with Crippen molar-refractivity contribution in [2.45, 2.75) is 39.0 Å². The van der Waals surface area contributed by atoms with Crippen molar-refractivity contribution >= 4 is 0 Å². The molecule has 1 aromatic heterocycles. The summed E-state index contributed by atoms with van der Waals surface area (Å²) in [5.74, 6) is 0.262. The Kier molecular flexibility index (Phi) is 6.13. The third kappa shape index (κ3) is 4.69. The van der Waals surface area contributed by atoms with E-state index in [-0.39, 0.29) is 17.1 Å². The molecule has 0 fully saturated rings. The number of hydrogen-bond donors (Lipinski definition) is 1. The van der Waals surface area contributed by atoms with Gasteiger partial charge in [-0.1, -0.05) is 32.6 Å². The molecule has 1 N–H and O–H groups in total. The number of halogens is 1. The van der Waals surface area contributed by atoms with Crippen LogP contribution in [0.15, 0.2) is 30.6 Å². The number of benzene rings is 1. The molecule has 118 valence electrons. The fraction of sp³-hybridized carbons (Fsp3) is 0.412. The molecule has 22 heavy (non-hydrogen) atoms. The van der Waals surface area contributed by atoms with Gasteiger partial charge in [0.05, 0.1) is 24.6 Å². The molecule has 1 aromatic carbocycles. The number of unbranched alkanes of at least 4 members (excludes halogenated alkanes) is 4. The first-order chi connectivity index (χ1) is 10.7. The summed E-state index contributed by atoms with van der Waals surface area (Å²) in [4.78, 5) is 7.80. The van der Waals surface area contributed by atoms with E-state index in [2.05, 4.69) is 16.9 Å². The normalized spacial score (nSPS) is 10.6. The fourth-order valence-corrected chi connectivity index (χ4v) is 2.12. The molecule has 0 amide bonds. The van der Waals surface area contributed by atoms with E-state index in [1.54, 1.807) is 12.1 Å². The van der Waals surface area contributed by atoms with Gasteiger partial charge in [-0.2, -0.15) is 0 Å². The van der Waals surface area contributed by atoms with Gasteiger partial charge in [-0.25, -0.2) is 14.4 Å². The molecule has 0 saturated heterocycles. The summed E-state index contributed by atoms with van der Waals surface area (Å²) < 4.78 is 19.6. The Morgan fingerprint density at radius 1 is 1.09 bits per heavy atom. The molecule has 5 heteroatoms. The second kappa shape index (κ2) is 8.32. The summed E-state index contributed by atoms with van der Waals surface area (Å²) in [6, 6.07) is 4.65. The van der Waals surface area contributed by atoms with Crippen LogP contribution >= 0.6 is 0 Å². The zero-order valence-electron chi connectivity index (χ0n) is 12.8. The van der Waals surface area contributed by atoms with E-state index in [1.807, 2.05) is 0 Å². The number of aromatic hydroxyl groups is 1. The number of nitrogens with zero attached hydrogens (tertiary/aromatic N) is 2. The summed E-state index contributed by atoms with van der Waals surface area (Å²) in [6.07, 6.45) is 8.26. The van der Waals surface area contributed by atoms with Crippen molar-refractivity contribution in [3.63, 3.8) is 0 Å². The lowest BCUT2D eigenvalue weighted by Crippen LogP contribution is -1.98. The van der Waals surface area contributed by atoms with Gasteiger partial charge in [0.25, 0.3) is 0 Å². The van der Waals surface area contributed by atoms with Crippen LogP contribution in [0.4, 0.5) is 4.39 Å². The number of ether oxygens (including phenoxy) is 1. The largest absolute Gasteiger partial charge is 0.505 e. The fourth-order valence-electron chi connectivity index (χ4n) is 2.12. The highest BCUT2D eigenvalue weighted by atomic mass is 19.1. The molecule has 2 aromatic rings. The quantitative estimate of drug-likeness (QED) is 0.737. The second-order valence-corrected chi connectivity index (χ2v) is 5.17. The minimum absolute atomic E-state index is 0.0489. The predicted molar refractivity (Wildman–Crippen MR) is 83.3 cm³/mol. The third-order valence-electron chi connectivity index (χ3n) is 3.34. The Balaban J connectivity index is 1.91. The van der Waals surface area contributed by atoms with Gasteiger partial charge >= 0.3 is 0 Å². The smallest absolute Gasteiger partial charge is 0.162 e. The van der Waals surface area contributed by atoms with Crippen LogP contribution in [0.1, 0.15) is 39.0 Å². The molecular weight excluding hydrogens is 283 g/mol. The topological polar surface area (TPSA) is 55.2 Å². The monoisotopic (exact) mass is 304 g/mol. The van der Waals surface area contributed by atoms with E-state index in [0.717, 1.165) is 12.8 Å². The van der Waals surface area contributed by atoms with Crippen molar-refractivity contribution in [2.24, 2.45) is 0 Å². The van der Waals surface area contributed by atoms with Gasteiger partial charge in [0.2, 0.25) is 0 Å². The predicted octanol–water partition coefficient (Wildman–Crippen LogP) is 4.34. The molecule has 0 atom stereocenters. The Morgan fingerprint density at radius 2 is 1.82 bits per heavy atom. The highest BCUT2D eigenvalue weighted by molar-refractivity contribution is 5.57. The van der Waals surface area contributed by atoms with Crippen molar-refractivity contribution in [3.05, 3.63) is 36.4 Å². The average molecular weight is 304 g/mol. The molecule has 1 heterocycles. The van der Waals surface area contributed by atoms with Gasteiger partial charge < -0.3 is 9.84 Å². The Bertz CT molecular complexity index is 588. The highest BCUT2D eigenvalue weighted by Gasteiger charge is 2.09. The van der Waals surface area contributed by atoms with Gasteiger partial charge in [-0.05, 0) is 18.6 Å². The third-order valence-corrected chi connectivity index (χ3v) is 3.34. The van der Waals surface area contributed by atoms with Crippen molar-refractivity contribution in [1.29, 1.82) is 0 Å². The van der Waals surface area contributed by atoms with Crippen molar-refractivity contribution < 1.29 is 14.2 Å². The number of aromatic nitrogens is 2. The zero-order valence-corrected chi connectivity index (χ0v) is 12.8. The van der Waals surface area contributed by atoms with Crippen LogP contribution in [0.2, 0.25) is 0 Å². The molecule has 0 bridgehead atoms.